The molecule has 2 N–H and O–H groups in total. The van der Waals surface area contributed by atoms with E-state index in [1.165, 1.54) is 5.56 Å². The summed E-state index contributed by atoms with van der Waals surface area (Å²) in [5.74, 6) is 1.02. The van der Waals surface area contributed by atoms with Crippen molar-refractivity contribution in [2.24, 2.45) is 5.92 Å². The Morgan fingerprint density at radius 2 is 1.96 bits per heavy atom. The summed E-state index contributed by atoms with van der Waals surface area (Å²) in [5.41, 5.74) is 1.75. The van der Waals surface area contributed by atoms with Crippen molar-refractivity contribution in [3.63, 3.8) is 0 Å². The molecule has 1 fully saturated rings. The number of hydrogen-bond donors (Lipinski definition) is 2. The van der Waals surface area contributed by atoms with E-state index in [1.807, 2.05) is 43.3 Å². The first-order chi connectivity index (χ1) is 12.0. The number of hydrogen-bond acceptors (Lipinski definition) is 4. The molecule has 1 saturated carbocycles. The van der Waals surface area contributed by atoms with Crippen LogP contribution >= 0.6 is 0 Å². The third-order valence-corrected chi connectivity index (χ3v) is 4.80. The minimum atomic E-state index is -0.235. The Labute approximate surface area is 148 Å². The van der Waals surface area contributed by atoms with E-state index < -0.39 is 0 Å². The molecule has 0 saturated heterocycles. The Bertz CT molecular complexity index is 695. The molecule has 1 aliphatic carbocycles. The fourth-order valence-electron chi connectivity index (χ4n) is 3.20. The van der Waals surface area contributed by atoms with Crippen LogP contribution in [0, 0.1) is 5.92 Å². The van der Waals surface area contributed by atoms with Gasteiger partial charge in [-0.2, -0.15) is 0 Å². The molecule has 1 aromatic carbocycles. The standard InChI is InChI=1S/C20H25N3O2/c1-23(2)19-9-8-15(13-21-19)20(25)22-18(16-11-17(24)12-16)10-14-6-4-3-5-7-14/h3-9,13,16-18,24H,10-12H2,1-2H3,(H,22,25)/t16?,17?,18-/m0/s1. The van der Waals surface area contributed by atoms with Gasteiger partial charge in [-0.25, -0.2) is 4.98 Å². The summed E-state index contributed by atoms with van der Waals surface area (Å²) in [6, 6.07) is 13.8. The average Bonchev–Trinajstić information content (AvgIpc) is 2.59. The van der Waals surface area contributed by atoms with E-state index in [-0.39, 0.29) is 18.1 Å². The number of nitrogens with one attached hydrogen (secondary N) is 1. The molecule has 2 aromatic rings. The van der Waals surface area contributed by atoms with Gasteiger partial charge >= 0.3 is 0 Å². The Kier molecular flexibility index (Phi) is 5.34. The zero-order valence-electron chi connectivity index (χ0n) is 14.7. The lowest BCUT2D eigenvalue weighted by atomic mass is 9.75. The minimum absolute atomic E-state index is 0.0202. The molecule has 0 unspecified atom stereocenters. The highest BCUT2D eigenvalue weighted by Crippen LogP contribution is 2.32. The molecular weight excluding hydrogens is 314 g/mol. The molecule has 0 radical (unpaired) electrons. The normalized spacial score (nSPS) is 20.4. The molecule has 5 nitrogen and oxygen atoms in total. The second-order valence-electron chi connectivity index (χ2n) is 6.95. The second-order valence-corrected chi connectivity index (χ2v) is 6.95. The van der Waals surface area contributed by atoms with E-state index in [1.54, 1.807) is 12.3 Å². The predicted molar refractivity (Wildman–Crippen MR) is 98.7 cm³/mol. The summed E-state index contributed by atoms with van der Waals surface area (Å²) < 4.78 is 0. The number of pyridine rings is 1. The van der Waals surface area contributed by atoms with Crippen molar-refractivity contribution in [2.75, 3.05) is 19.0 Å². The van der Waals surface area contributed by atoms with Crippen molar-refractivity contribution < 1.29 is 9.90 Å². The number of benzene rings is 1. The minimum Gasteiger partial charge on any atom is -0.393 e. The van der Waals surface area contributed by atoms with Crippen LogP contribution in [0.4, 0.5) is 5.82 Å². The molecule has 0 bridgehead atoms. The van der Waals surface area contributed by atoms with Crippen LogP contribution in [0.1, 0.15) is 28.8 Å². The van der Waals surface area contributed by atoms with Crippen LogP contribution in [-0.2, 0) is 6.42 Å². The van der Waals surface area contributed by atoms with Crippen molar-refractivity contribution >= 4 is 11.7 Å². The Hall–Kier alpha value is -2.40. The van der Waals surface area contributed by atoms with Gasteiger partial charge < -0.3 is 15.3 Å². The van der Waals surface area contributed by atoms with Crippen molar-refractivity contribution in [1.29, 1.82) is 0 Å². The Morgan fingerprint density at radius 3 is 2.52 bits per heavy atom. The fourth-order valence-corrected chi connectivity index (χ4v) is 3.20. The maximum atomic E-state index is 12.6. The summed E-state index contributed by atoms with van der Waals surface area (Å²) in [4.78, 5) is 18.8. The van der Waals surface area contributed by atoms with Gasteiger partial charge in [-0.1, -0.05) is 30.3 Å². The van der Waals surface area contributed by atoms with Crippen LogP contribution in [0.5, 0.6) is 0 Å². The number of aliphatic hydroxyl groups is 1. The average molecular weight is 339 g/mol. The van der Waals surface area contributed by atoms with E-state index in [9.17, 15) is 9.90 Å². The summed E-state index contributed by atoms with van der Waals surface area (Å²) in [7, 11) is 3.83. The third kappa shape index (κ3) is 4.37. The van der Waals surface area contributed by atoms with Gasteiger partial charge in [-0.05, 0) is 42.9 Å². The molecule has 5 heteroatoms. The van der Waals surface area contributed by atoms with Gasteiger partial charge in [0.05, 0.1) is 11.7 Å². The van der Waals surface area contributed by atoms with Crippen molar-refractivity contribution in [1.82, 2.24) is 10.3 Å². The second kappa shape index (κ2) is 7.66. The van der Waals surface area contributed by atoms with Gasteiger partial charge in [0.15, 0.2) is 0 Å². The highest BCUT2D eigenvalue weighted by atomic mass is 16.3. The predicted octanol–water partition coefficient (Wildman–Crippen LogP) is 2.26. The molecule has 1 aliphatic rings. The quantitative estimate of drug-likeness (QED) is 0.847. The number of carbonyl (C=O) groups is 1. The summed E-state index contributed by atoms with van der Waals surface area (Å²) in [5, 5.41) is 12.8. The molecule has 132 valence electrons. The molecule has 1 atom stereocenters. The Balaban J connectivity index is 1.69. The zero-order valence-corrected chi connectivity index (χ0v) is 14.7. The van der Waals surface area contributed by atoms with Crippen molar-refractivity contribution in [3.05, 3.63) is 59.8 Å². The van der Waals surface area contributed by atoms with E-state index in [0.717, 1.165) is 25.1 Å². The van der Waals surface area contributed by atoms with Crippen LogP contribution in [0.15, 0.2) is 48.7 Å². The summed E-state index contributed by atoms with van der Waals surface area (Å²) in [6.07, 6.45) is 3.64. The van der Waals surface area contributed by atoms with Gasteiger partial charge in [0, 0.05) is 26.3 Å². The lowest BCUT2D eigenvalue weighted by Crippen LogP contribution is -2.48. The van der Waals surface area contributed by atoms with Gasteiger partial charge in [0.1, 0.15) is 5.82 Å². The monoisotopic (exact) mass is 339 g/mol. The van der Waals surface area contributed by atoms with Crippen LogP contribution in [0.25, 0.3) is 0 Å². The fraction of sp³-hybridized carbons (Fsp3) is 0.400. The summed E-state index contributed by atoms with van der Waals surface area (Å²) in [6.45, 7) is 0. The van der Waals surface area contributed by atoms with E-state index in [0.29, 0.717) is 11.5 Å². The van der Waals surface area contributed by atoms with Gasteiger partial charge in [0.2, 0.25) is 0 Å². The Morgan fingerprint density at radius 1 is 1.24 bits per heavy atom. The zero-order chi connectivity index (χ0) is 17.8. The number of anilines is 1. The van der Waals surface area contributed by atoms with E-state index in [4.69, 9.17) is 0 Å². The number of nitrogens with zero attached hydrogens (tertiary/aromatic N) is 2. The lowest BCUT2D eigenvalue weighted by Gasteiger charge is -2.38. The smallest absolute Gasteiger partial charge is 0.253 e. The maximum absolute atomic E-state index is 12.6. The topological polar surface area (TPSA) is 65.5 Å². The molecule has 1 amide bonds. The highest BCUT2D eigenvalue weighted by Gasteiger charge is 2.34. The lowest BCUT2D eigenvalue weighted by molar-refractivity contribution is 0.0239. The first kappa shape index (κ1) is 17.4. The van der Waals surface area contributed by atoms with Crippen molar-refractivity contribution in [3.8, 4) is 0 Å². The van der Waals surface area contributed by atoms with Gasteiger partial charge in [-0.3, -0.25) is 4.79 Å². The molecule has 1 heterocycles. The summed E-state index contributed by atoms with van der Waals surface area (Å²) >= 11 is 0. The number of aromatic nitrogens is 1. The van der Waals surface area contributed by atoms with Crippen molar-refractivity contribution in [2.45, 2.75) is 31.4 Å². The molecule has 3 rings (SSSR count). The largest absolute Gasteiger partial charge is 0.393 e. The maximum Gasteiger partial charge on any atom is 0.253 e. The van der Waals surface area contributed by atoms with Gasteiger partial charge in [0.25, 0.3) is 5.91 Å². The van der Waals surface area contributed by atoms with Crippen LogP contribution in [0.3, 0.4) is 0 Å². The third-order valence-electron chi connectivity index (χ3n) is 4.80. The van der Waals surface area contributed by atoms with Crippen LogP contribution in [0.2, 0.25) is 0 Å². The van der Waals surface area contributed by atoms with E-state index in [2.05, 4.69) is 22.4 Å². The van der Waals surface area contributed by atoms with Gasteiger partial charge in [-0.15, -0.1) is 0 Å². The molecular formula is C20H25N3O2. The molecule has 0 aliphatic heterocycles. The molecule has 25 heavy (non-hydrogen) atoms. The number of carbonyl (C=O) groups excluding carboxylic acids is 1. The van der Waals surface area contributed by atoms with Crippen LogP contribution in [-0.4, -0.2) is 42.2 Å². The molecule has 1 aromatic heterocycles. The number of amides is 1. The van der Waals surface area contributed by atoms with Crippen LogP contribution < -0.4 is 10.2 Å². The first-order valence-electron chi connectivity index (χ1n) is 8.69. The highest BCUT2D eigenvalue weighted by molar-refractivity contribution is 5.94. The number of rotatable bonds is 6. The number of aliphatic hydroxyl groups excluding tert-OH is 1. The first-order valence-corrected chi connectivity index (χ1v) is 8.69. The molecule has 0 spiro atoms. The SMILES string of the molecule is CN(C)c1ccc(C(=O)N[C@@H](Cc2ccccc2)C2CC(O)C2)cn1. The van der Waals surface area contributed by atoms with E-state index >= 15 is 0 Å².